The van der Waals surface area contributed by atoms with E-state index in [0.29, 0.717) is 29.0 Å². The molecule has 2 aromatic rings. The summed E-state index contributed by atoms with van der Waals surface area (Å²) >= 11 is 0. The summed E-state index contributed by atoms with van der Waals surface area (Å²) in [4.78, 5) is 2.33. The molecule has 0 aromatic heterocycles. The molecule has 2 N–H and O–H groups in total. The maximum absolute atomic E-state index is 10.9. The normalized spacial score (nSPS) is 21.3. The van der Waals surface area contributed by atoms with E-state index in [1.165, 1.54) is 11.1 Å². The van der Waals surface area contributed by atoms with Crippen LogP contribution >= 0.6 is 0 Å². The summed E-state index contributed by atoms with van der Waals surface area (Å²) < 4.78 is 17.4. The highest BCUT2D eigenvalue weighted by Crippen LogP contribution is 2.49. The molecular weight excluding hydrogens is 368 g/mol. The zero-order valence-electron chi connectivity index (χ0n) is 17.8. The molecule has 0 radical (unpaired) electrons. The minimum atomic E-state index is 0.0201. The highest BCUT2D eigenvalue weighted by atomic mass is 16.5. The van der Waals surface area contributed by atoms with Gasteiger partial charge >= 0.3 is 0 Å². The lowest BCUT2D eigenvalue weighted by Gasteiger charge is -2.33. The summed E-state index contributed by atoms with van der Waals surface area (Å²) in [6.07, 6.45) is 1.84. The summed E-state index contributed by atoms with van der Waals surface area (Å²) in [7, 11) is 5.35. The average Bonchev–Trinajstić information content (AvgIpc) is 2.72. The number of benzene rings is 2. The van der Waals surface area contributed by atoms with Gasteiger partial charge in [-0.15, -0.1) is 0 Å². The molecule has 156 valence electrons. The number of nitrogens with zero attached hydrogens (tertiary/aromatic N) is 1. The number of methoxy groups -OCH3 is 2. The number of aromatic hydroxyl groups is 1. The Balaban J connectivity index is 1.84. The van der Waals surface area contributed by atoms with Crippen molar-refractivity contribution in [2.45, 2.75) is 38.8 Å². The van der Waals surface area contributed by atoms with Gasteiger partial charge < -0.3 is 24.6 Å². The molecule has 2 aliphatic heterocycles. The third-order valence-electron chi connectivity index (χ3n) is 6.32. The molecule has 6 heteroatoms. The van der Waals surface area contributed by atoms with Crippen LogP contribution in [0, 0.1) is 0 Å². The van der Waals surface area contributed by atoms with Crippen molar-refractivity contribution in [2.75, 3.05) is 34.4 Å². The van der Waals surface area contributed by atoms with Gasteiger partial charge in [-0.3, -0.25) is 4.90 Å². The molecule has 2 atom stereocenters. The van der Waals surface area contributed by atoms with Crippen molar-refractivity contribution in [1.29, 1.82) is 0 Å². The molecule has 6 nitrogen and oxygen atoms in total. The SMILES string of the molecule is COc1cc2c(cc1Oc1c(O)c(OC)cc3c1[C@H](C)NCC3)[C@@H](C)N(C)CC2. The van der Waals surface area contributed by atoms with E-state index in [1.807, 2.05) is 6.07 Å². The first-order valence-corrected chi connectivity index (χ1v) is 10.2. The lowest BCUT2D eigenvalue weighted by atomic mass is 9.92. The summed E-state index contributed by atoms with van der Waals surface area (Å²) in [6, 6.07) is 6.40. The number of likely N-dealkylation sites (N-methyl/N-ethyl adjacent to an activating group) is 1. The molecule has 0 saturated carbocycles. The van der Waals surface area contributed by atoms with Crippen LogP contribution in [0.5, 0.6) is 28.7 Å². The number of hydrogen-bond acceptors (Lipinski definition) is 6. The van der Waals surface area contributed by atoms with Gasteiger partial charge in [-0.05, 0) is 75.2 Å². The number of ether oxygens (including phenoxy) is 3. The second-order valence-corrected chi connectivity index (χ2v) is 7.97. The van der Waals surface area contributed by atoms with Crippen LogP contribution in [-0.4, -0.2) is 44.4 Å². The predicted molar refractivity (Wildman–Crippen MR) is 113 cm³/mol. The highest BCUT2D eigenvalue weighted by Gasteiger charge is 2.29. The zero-order chi connectivity index (χ0) is 20.7. The van der Waals surface area contributed by atoms with Gasteiger partial charge in [0.2, 0.25) is 5.75 Å². The lowest BCUT2D eigenvalue weighted by Crippen LogP contribution is -2.30. The molecule has 0 fully saturated rings. The van der Waals surface area contributed by atoms with Crippen molar-refractivity contribution in [3.8, 4) is 28.7 Å². The van der Waals surface area contributed by atoms with Crippen LogP contribution < -0.4 is 19.5 Å². The first kappa shape index (κ1) is 19.9. The number of rotatable bonds is 4. The Labute approximate surface area is 172 Å². The predicted octanol–water partition coefficient (Wildman–Crippen LogP) is 3.96. The number of nitrogens with one attached hydrogen (secondary N) is 1. The summed E-state index contributed by atoms with van der Waals surface area (Å²) in [5.74, 6) is 2.17. The molecule has 0 amide bonds. The van der Waals surface area contributed by atoms with Crippen molar-refractivity contribution in [1.82, 2.24) is 10.2 Å². The maximum atomic E-state index is 10.9. The quantitative estimate of drug-likeness (QED) is 0.813. The van der Waals surface area contributed by atoms with Crippen LogP contribution in [0.4, 0.5) is 0 Å². The molecular formula is C23H30N2O4. The second kappa shape index (κ2) is 7.76. The van der Waals surface area contributed by atoms with E-state index in [1.54, 1.807) is 14.2 Å². The fraction of sp³-hybridized carbons (Fsp3) is 0.478. The molecule has 0 aliphatic carbocycles. The van der Waals surface area contributed by atoms with Gasteiger partial charge in [-0.1, -0.05) is 0 Å². The summed E-state index contributed by atoms with van der Waals surface area (Å²) in [6.45, 7) is 6.18. The summed E-state index contributed by atoms with van der Waals surface area (Å²) in [5, 5.41) is 14.3. The largest absolute Gasteiger partial charge is 0.502 e. The molecule has 0 unspecified atom stereocenters. The van der Waals surface area contributed by atoms with E-state index >= 15 is 0 Å². The van der Waals surface area contributed by atoms with Gasteiger partial charge in [0, 0.05) is 24.2 Å². The van der Waals surface area contributed by atoms with Gasteiger partial charge in [0.05, 0.1) is 14.2 Å². The Morgan fingerprint density at radius 1 is 1.00 bits per heavy atom. The van der Waals surface area contributed by atoms with Gasteiger partial charge in [-0.2, -0.15) is 0 Å². The standard InChI is InChI=1S/C23H30N2O4/c1-13-21-16(6-8-24-13)11-20(28-5)22(26)23(21)29-19-12-17-14(2)25(3)9-7-15(17)10-18(19)27-4/h10-14,24,26H,6-9H2,1-5H3/t13-,14+/m0/s1. The first-order chi connectivity index (χ1) is 13.9. The number of fused-ring (bicyclic) bond motifs is 2. The van der Waals surface area contributed by atoms with Gasteiger partial charge in [0.15, 0.2) is 23.0 Å². The molecule has 2 aromatic carbocycles. The number of hydrogen-bond donors (Lipinski definition) is 2. The molecule has 2 aliphatic rings. The van der Waals surface area contributed by atoms with E-state index in [2.05, 4.69) is 43.2 Å². The Hall–Kier alpha value is -2.44. The van der Waals surface area contributed by atoms with Gasteiger partial charge in [0.25, 0.3) is 0 Å². The molecule has 0 saturated heterocycles. The van der Waals surface area contributed by atoms with Crippen molar-refractivity contribution in [2.24, 2.45) is 0 Å². The fourth-order valence-electron chi connectivity index (χ4n) is 4.46. The highest BCUT2D eigenvalue weighted by molar-refractivity contribution is 5.62. The van der Waals surface area contributed by atoms with Crippen molar-refractivity contribution < 1.29 is 19.3 Å². The molecule has 0 bridgehead atoms. The maximum Gasteiger partial charge on any atom is 0.201 e. The van der Waals surface area contributed by atoms with E-state index < -0.39 is 0 Å². The Morgan fingerprint density at radius 3 is 2.45 bits per heavy atom. The van der Waals surface area contributed by atoms with Gasteiger partial charge in [-0.25, -0.2) is 0 Å². The fourth-order valence-corrected chi connectivity index (χ4v) is 4.46. The average molecular weight is 399 g/mol. The minimum Gasteiger partial charge on any atom is -0.502 e. The molecule has 0 spiro atoms. The topological polar surface area (TPSA) is 63.2 Å². The van der Waals surface area contributed by atoms with E-state index in [-0.39, 0.29) is 11.8 Å². The van der Waals surface area contributed by atoms with Crippen molar-refractivity contribution in [3.63, 3.8) is 0 Å². The van der Waals surface area contributed by atoms with Crippen LogP contribution in [0.25, 0.3) is 0 Å². The van der Waals surface area contributed by atoms with Gasteiger partial charge in [0.1, 0.15) is 0 Å². The third kappa shape index (κ3) is 3.40. The molecule has 2 heterocycles. The van der Waals surface area contributed by atoms with E-state index in [0.717, 1.165) is 37.1 Å². The van der Waals surface area contributed by atoms with E-state index in [4.69, 9.17) is 14.2 Å². The molecule has 4 rings (SSSR count). The van der Waals surface area contributed by atoms with Crippen molar-refractivity contribution >= 4 is 0 Å². The first-order valence-electron chi connectivity index (χ1n) is 10.2. The monoisotopic (exact) mass is 398 g/mol. The minimum absolute atomic E-state index is 0.0201. The van der Waals surface area contributed by atoms with Crippen LogP contribution in [0.3, 0.4) is 0 Å². The lowest BCUT2D eigenvalue weighted by molar-refractivity contribution is 0.246. The Bertz CT molecular complexity index is 928. The number of phenolic OH excluding ortho intramolecular Hbond substituents is 1. The Kier molecular flexibility index (Phi) is 5.32. The zero-order valence-corrected chi connectivity index (χ0v) is 17.8. The Morgan fingerprint density at radius 2 is 1.72 bits per heavy atom. The second-order valence-electron chi connectivity index (χ2n) is 7.97. The summed E-state index contributed by atoms with van der Waals surface area (Å²) in [5.41, 5.74) is 4.62. The van der Waals surface area contributed by atoms with Crippen LogP contribution in [-0.2, 0) is 12.8 Å². The van der Waals surface area contributed by atoms with Crippen molar-refractivity contribution in [3.05, 3.63) is 40.5 Å². The smallest absolute Gasteiger partial charge is 0.201 e. The molecule has 29 heavy (non-hydrogen) atoms. The third-order valence-corrected chi connectivity index (χ3v) is 6.32. The number of phenols is 1. The van der Waals surface area contributed by atoms with Crippen LogP contribution in [0.2, 0.25) is 0 Å². The van der Waals surface area contributed by atoms with Crippen LogP contribution in [0.15, 0.2) is 18.2 Å². The van der Waals surface area contributed by atoms with Crippen LogP contribution in [0.1, 0.15) is 48.2 Å². The van der Waals surface area contributed by atoms with E-state index in [9.17, 15) is 5.11 Å².